The van der Waals surface area contributed by atoms with Gasteiger partial charge in [-0.3, -0.25) is 0 Å². The number of carbonyl (C=O) groups is 1. The molecule has 0 spiro atoms. The minimum absolute atomic E-state index is 0.0481. The molecule has 0 amide bonds. The van der Waals surface area contributed by atoms with Crippen molar-refractivity contribution in [1.29, 1.82) is 0 Å². The number of carboxylic acids is 1. The lowest BCUT2D eigenvalue weighted by molar-refractivity contribution is 0.0696. The van der Waals surface area contributed by atoms with Gasteiger partial charge in [-0.05, 0) is 24.1 Å². The number of rotatable bonds is 6. The van der Waals surface area contributed by atoms with E-state index in [9.17, 15) is 13.2 Å². The Labute approximate surface area is 134 Å². The van der Waals surface area contributed by atoms with Gasteiger partial charge >= 0.3 is 5.97 Å². The molecule has 122 valence electrons. The molecule has 0 saturated carbocycles. The first kappa shape index (κ1) is 17.0. The second kappa shape index (κ2) is 6.84. The van der Waals surface area contributed by atoms with Crippen molar-refractivity contribution < 1.29 is 18.3 Å². The molecule has 0 aliphatic rings. The molecule has 0 bridgehead atoms. The summed E-state index contributed by atoms with van der Waals surface area (Å²) in [5, 5.41) is 8.78. The summed E-state index contributed by atoms with van der Waals surface area (Å²) in [6.07, 6.45) is 3.73. The van der Waals surface area contributed by atoms with Crippen LogP contribution in [0.4, 0.5) is 0 Å². The van der Waals surface area contributed by atoms with Crippen LogP contribution in [0.3, 0.4) is 0 Å². The first-order valence-corrected chi connectivity index (χ1v) is 8.30. The Bertz CT molecular complexity index is 784. The van der Waals surface area contributed by atoms with E-state index in [1.54, 1.807) is 24.3 Å². The normalized spacial score (nSPS) is 11.6. The number of benzene rings is 1. The van der Waals surface area contributed by atoms with Gasteiger partial charge in [0.25, 0.3) is 0 Å². The lowest BCUT2D eigenvalue weighted by Crippen LogP contribution is -2.22. The minimum atomic E-state index is -3.42. The molecule has 1 aromatic carbocycles. The predicted octanol–water partition coefficient (Wildman–Crippen LogP) is 1.21. The van der Waals surface area contributed by atoms with E-state index in [4.69, 9.17) is 5.11 Å². The van der Waals surface area contributed by atoms with E-state index >= 15 is 0 Å². The highest BCUT2D eigenvalue weighted by Crippen LogP contribution is 2.15. The first-order chi connectivity index (χ1) is 10.8. The van der Waals surface area contributed by atoms with E-state index in [1.165, 1.54) is 30.8 Å². The van der Waals surface area contributed by atoms with Crippen molar-refractivity contribution in [2.24, 2.45) is 0 Å². The van der Waals surface area contributed by atoms with Crippen molar-refractivity contribution in [1.82, 2.24) is 14.3 Å². The van der Waals surface area contributed by atoms with Gasteiger partial charge < -0.3 is 5.11 Å². The van der Waals surface area contributed by atoms with Crippen LogP contribution in [-0.2, 0) is 22.9 Å². The van der Waals surface area contributed by atoms with E-state index in [2.05, 4.69) is 9.97 Å². The van der Waals surface area contributed by atoms with Crippen molar-refractivity contribution in [3.8, 4) is 0 Å². The Kier molecular flexibility index (Phi) is 5.07. The van der Waals surface area contributed by atoms with Crippen LogP contribution in [0.25, 0.3) is 0 Å². The van der Waals surface area contributed by atoms with Gasteiger partial charge in [0, 0.05) is 32.9 Å². The Morgan fingerprint density at radius 2 is 1.65 bits per heavy atom. The fourth-order valence-electron chi connectivity index (χ4n) is 1.89. The number of hydrogen-bond acceptors (Lipinski definition) is 5. The molecule has 0 radical (unpaired) electrons. The number of nitrogens with zero attached hydrogens (tertiary/aromatic N) is 3. The van der Waals surface area contributed by atoms with Gasteiger partial charge in [-0.15, -0.1) is 0 Å². The highest BCUT2D eigenvalue weighted by atomic mass is 32.2. The molecule has 0 saturated heterocycles. The molecule has 2 rings (SSSR count). The van der Waals surface area contributed by atoms with Crippen molar-refractivity contribution in [2.75, 3.05) is 14.1 Å². The van der Waals surface area contributed by atoms with Crippen molar-refractivity contribution in [3.63, 3.8) is 0 Å². The molecule has 2 aromatic rings. The summed E-state index contributed by atoms with van der Waals surface area (Å²) in [6.45, 7) is 0. The predicted molar refractivity (Wildman–Crippen MR) is 83.7 cm³/mol. The van der Waals surface area contributed by atoms with Gasteiger partial charge in [0.15, 0.2) is 0 Å². The third-order valence-electron chi connectivity index (χ3n) is 3.29. The third-order valence-corrected chi connectivity index (χ3v) is 5.12. The largest absolute Gasteiger partial charge is 0.478 e. The zero-order chi connectivity index (χ0) is 17.0. The lowest BCUT2D eigenvalue weighted by Gasteiger charge is -2.11. The maximum absolute atomic E-state index is 12.0. The topological polar surface area (TPSA) is 100 Å². The van der Waals surface area contributed by atoms with Gasteiger partial charge in [0.05, 0.1) is 10.5 Å². The lowest BCUT2D eigenvalue weighted by atomic mass is 10.1. The number of carboxylic acid groups (broad SMARTS) is 1. The van der Waals surface area contributed by atoms with Crippen LogP contribution in [0.2, 0.25) is 0 Å². The Hall–Kier alpha value is -2.32. The number of aromatic nitrogens is 2. The Balaban J connectivity index is 2.03. The fraction of sp³-hybridized carbons (Fsp3) is 0.267. The van der Waals surface area contributed by atoms with Crippen LogP contribution < -0.4 is 0 Å². The van der Waals surface area contributed by atoms with E-state index in [0.717, 1.165) is 5.56 Å². The summed E-state index contributed by atoms with van der Waals surface area (Å²) in [6, 6.07) is 6.64. The smallest absolute Gasteiger partial charge is 0.338 e. The minimum Gasteiger partial charge on any atom is -0.478 e. The number of aryl methyl sites for hydroxylation is 2. The zero-order valence-electron chi connectivity index (χ0n) is 12.8. The summed E-state index contributed by atoms with van der Waals surface area (Å²) < 4.78 is 25.1. The number of hydrogen-bond donors (Lipinski definition) is 1. The molecule has 8 heteroatoms. The van der Waals surface area contributed by atoms with E-state index < -0.39 is 16.0 Å². The van der Waals surface area contributed by atoms with Crippen LogP contribution in [0, 0.1) is 0 Å². The number of aromatic carboxylic acids is 1. The maximum atomic E-state index is 12.0. The van der Waals surface area contributed by atoms with Crippen LogP contribution in [-0.4, -0.2) is 47.9 Å². The highest BCUT2D eigenvalue weighted by Gasteiger charge is 2.16. The standard InChI is InChI=1S/C15H17N3O4S/c1-18(2)23(21,22)13-6-3-11(4-7-13)5-8-14-16-9-12(10-17-14)15(19)20/h3-4,6-7,9-10H,5,8H2,1-2H3,(H,19,20). The second-order valence-corrected chi connectivity index (χ2v) is 7.28. The molecule has 1 aromatic heterocycles. The summed E-state index contributed by atoms with van der Waals surface area (Å²) in [5.41, 5.74) is 1.00. The molecule has 0 atom stereocenters. The molecule has 0 aliphatic carbocycles. The quantitative estimate of drug-likeness (QED) is 0.851. The van der Waals surface area contributed by atoms with E-state index in [1.807, 2.05) is 0 Å². The Morgan fingerprint density at radius 3 is 2.13 bits per heavy atom. The average molecular weight is 335 g/mol. The fourth-order valence-corrected chi connectivity index (χ4v) is 2.79. The molecule has 1 heterocycles. The van der Waals surface area contributed by atoms with E-state index in [-0.39, 0.29) is 10.5 Å². The third kappa shape index (κ3) is 4.11. The summed E-state index contributed by atoms with van der Waals surface area (Å²) in [7, 11) is -0.446. The van der Waals surface area contributed by atoms with E-state index in [0.29, 0.717) is 18.7 Å². The van der Waals surface area contributed by atoms with Crippen molar-refractivity contribution in [2.45, 2.75) is 17.7 Å². The van der Waals surface area contributed by atoms with Crippen molar-refractivity contribution >= 4 is 16.0 Å². The van der Waals surface area contributed by atoms with Crippen LogP contribution >= 0.6 is 0 Å². The van der Waals surface area contributed by atoms with Gasteiger partial charge in [-0.2, -0.15) is 0 Å². The monoisotopic (exact) mass is 335 g/mol. The zero-order valence-corrected chi connectivity index (χ0v) is 13.6. The maximum Gasteiger partial charge on any atom is 0.338 e. The molecular formula is C15H17N3O4S. The molecule has 0 fully saturated rings. The first-order valence-electron chi connectivity index (χ1n) is 6.86. The van der Waals surface area contributed by atoms with Gasteiger partial charge in [-0.25, -0.2) is 27.5 Å². The SMILES string of the molecule is CN(C)S(=O)(=O)c1ccc(CCc2ncc(C(=O)O)cn2)cc1. The molecule has 0 aliphatic heterocycles. The molecule has 0 unspecified atom stereocenters. The summed E-state index contributed by atoms with van der Waals surface area (Å²) in [4.78, 5) is 19.0. The average Bonchev–Trinajstić information content (AvgIpc) is 2.53. The molecule has 7 nitrogen and oxygen atoms in total. The summed E-state index contributed by atoms with van der Waals surface area (Å²) in [5.74, 6) is -0.519. The molecular weight excluding hydrogens is 318 g/mol. The Morgan fingerprint density at radius 1 is 1.09 bits per heavy atom. The molecule has 23 heavy (non-hydrogen) atoms. The van der Waals surface area contributed by atoms with Crippen molar-refractivity contribution in [3.05, 3.63) is 53.6 Å². The molecule has 1 N–H and O–H groups in total. The highest BCUT2D eigenvalue weighted by molar-refractivity contribution is 7.89. The van der Waals surface area contributed by atoms with Crippen LogP contribution in [0.15, 0.2) is 41.6 Å². The van der Waals surface area contributed by atoms with Gasteiger partial charge in [0.2, 0.25) is 10.0 Å². The van der Waals surface area contributed by atoms with Crippen LogP contribution in [0.5, 0.6) is 0 Å². The number of sulfonamides is 1. The van der Waals surface area contributed by atoms with Gasteiger partial charge in [0.1, 0.15) is 5.82 Å². The second-order valence-electron chi connectivity index (χ2n) is 5.12. The van der Waals surface area contributed by atoms with Crippen LogP contribution in [0.1, 0.15) is 21.7 Å². The van der Waals surface area contributed by atoms with Gasteiger partial charge in [-0.1, -0.05) is 12.1 Å². The summed E-state index contributed by atoms with van der Waals surface area (Å²) >= 11 is 0.